The number of halogens is 8. The Hall–Kier alpha value is -6.14. The fourth-order valence-electron chi connectivity index (χ4n) is 7.95. The summed E-state index contributed by atoms with van der Waals surface area (Å²) in [6.07, 6.45) is -9.80. The van der Waals surface area contributed by atoms with Crippen LogP contribution in [0.25, 0.3) is 22.3 Å². The van der Waals surface area contributed by atoms with Crippen molar-refractivity contribution in [3.8, 4) is 33.8 Å². The van der Waals surface area contributed by atoms with Crippen molar-refractivity contribution in [3.05, 3.63) is 176 Å². The van der Waals surface area contributed by atoms with Crippen LogP contribution in [0.1, 0.15) is 104 Å². The molecule has 6 aromatic carbocycles. The molecule has 2 aliphatic rings. The average molecular weight is 1060 g/mol. The van der Waals surface area contributed by atoms with Gasteiger partial charge >= 0.3 is 24.3 Å². The van der Waals surface area contributed by atoms with Crippen LogP contribution < -0.4 is 20.9 Å². The van der Waals surface area contributed by atoms with Gasteiger partial charge in [-0.05, 0) is 87.1 Å². The number of carbonyl (C=O) groups is 2. The maximum Gasteiger partial charge on any atom is 0.425 e. The largest absolute Gasteiger partial charge is 0.494 e. The molecule has 0 unspecified atom stereocenters. The van der Waals surface area contributed by atoms with Crippen LogP contribution in [0.15, 0.2) is 121 Å². The molecule has 0 aliphatic heterocycles. The van der Waals surface area contributed by atoms with E-state index in [1.54, 1.807) is 12.1 Å². The van der Waals surface area contributed by atoms with E-state index in [1.807, 2.05) is 13.8 Å². The van der Waals surface area contributed by atoms with Crippen LogP contribution in [0.3, 0.4) is 0 Å². The van der Waals surface area contributed by atoms with Gasteiger partial charge in [0.2, 0.25) is 11.2 Å². The minimum Gasteiger partial charge on any atom is -0.494 e. The highest BCUT2D eigenvalue weighted by Gasteiger charge is 2.62. The highest BCUT2D eigenvalue weighted by atomic mass is 35.5. The molecule has 0 heterocycles. The molecule has 0 saturated carbocycles. The first-order chi connectivity index (χ1) is 33.7. The summed E-state index contributed by atoms with van der Waals surface area (Å²) in [5.41, 5.74) is 9.19. The number of fused-ring (bicyclic) bond motifs is 6. The monoisotopic (exact) mass is 1060 g/mol. The highest BCUT2D eigenvalue weighted by Crippen LogP contribution is 2.59. The maximum absolute atomic E-state index is 13.8. The second-order valence-corrected chi connectivity index (χ2v) is 18.1. The lowest BCUT2D eigenvalue weighted by atomic mass is 9.90. The summed E-state index contributed by atoms with van der Waals surface area (Å²) < 4.78 is 93.3. The predicted octanol–water partition coefficient (Wildman–Crippen LogP) is 13.4. The molecule has 6 aromatic rings. The van der Waals surface area contributed by atoms with E-state index < -0.39 is 46.6 Å². The molecule has 0 radical (unpaired) electrons. The molecule has 73 heavy (non-hydrogen) atoms. The van der Waals surface area contributed by atoms with Crippen molar-refractivity contribution >= 4 is 35.1 Å². The van der Waals surface area contributed by atoms with E-state index >= 15 is 0 Å². The van der Waals surface area contributed by atoms with E-state index in [-0.39, 0.29) is 113 Å². The molecule has 10 nitrogen and oxygen atoms in total. The first kappa shape index (κ1) is 59.4. The smallest absolute Gasteiger partial charge is 0.425 e. The van der Waals surface area contributed by atoms with Crippen molar-refractivity contribution < 1.29 is 65.8 Å². The molecule has 0 amide bonds. The molecular formula is C55H58Cl2F6N2O8. The van der Waals surface area contributed by atoms with Crippen molar-refractivity contribution in [2.45, 2.75) is 96.4 Å². The van der Waals surface area contributed by atoms with Gasteiger partial charge in [0.25, 0.3) is 0 Å². The average Bonchev–Trinajstić information content (AvgIpc) is 3.74. The van der Waals surface area contributed by atoms with Crippen LogP contribution in [0.2, 0.25) is 10.0 Å². The Morgan fingerprint density at radius 3 is 1.16 bits per heavy atom. The summed E-state index contributed by atoms with van der Waals surface area (Å²) in [7, 11) is 0. The molecule has 18 heteroatoms. The first-order valence-corrected chi connectivity index (χ1v) is 23.3. The van der Waals surface area contributed by atoms with E-state index in [0.29, 0.717) is 0 Å². The molecule has 392 valence electrons. The predicted molar refractivity (Wildman–Crippen MR) is 271 cm³/mol. The number of rotatable bonds is 12. The van der Waals surface area contributed by atoms with Crippen molar-refractivity contribution in [3.63, 3.8) is 0 Å². The molecule has 8 rings (SSSR count). The summed E-state index contributed by atoms with van der Waals surface area (Å²) in [5.74, 6) is -1.92. The quantitative estimate of drug-likeness (QED) is 0.0509. The SMILES string of the molecule is C.Cc1ccc([C@H](C)N)cc1.Cc1ccc([C@H](C)N)cc1.O=C(O)CCCOc1cc(Cl)c2c(c1)[C@@](O)(C(F)(F)F)c1ccccc1-2.O=C(O)CCCOc1cc(Cl)c2c(c1)[C@@](O)(C(F)(F)F)c1ccccc1-2. The van der Waals surface area contributed by atoms with Crippen molar-refractivity contribution in [1.82, 2.24) is 0 Å². The minimum absolute atomic E-state index is 0. The van der Waals surface area contributed by atoms with E-state index in [9.17, 15) is 46.1 Å². The Balaban J connectivity index is 0.000000229. The highest BCUT2D eigenvalue weighted by molar-refractivity contribution is 6.34. The summed E-state index contributed by atoms with van der Waals surface area (Å²) >= 11 is 12.4. The van der Waals surface area contributed by atoms with Gasteiger partial charge in [-0.1, -0.05) is 139 Å². The molecule has 2 aliphatic carbocycles. The van der Waals surface area contributed by atoms with Gasteiger partial charge in [0, 0.05) is 58.3 Å². The van der Waals surface area contributed by atoms with Gasteiger partial charge in [0.05, 0.1) is 23.3 Å². The van der Waals surface area contributed by atoms with Gasteiger partial charge < -0.3 is 41.4 Å². The Morgan fingerprint density at radius 1 is 0.562 bits per heavy atom. The van der Waals surface area contributed by atoms with Gasteiger partial charge in [-0.25, -0.2) is 0 Å². The molecule has 0 bridgehead atoms. The Morgan fingerprint density at radius 2 is 0.877 bits per heavy atom. The number of ether oxygens (including phenoxy) is 2. The van der Waals surface area contributed by atoms with Crippen LogP contribution in [0.4, 0.5) is 26.3 Å². The molecular weight excluding hydrogens is 1000 g/mol. The number of aliphatic carboxylic acids is 2. The molecule has 0 fully saturated rings. The molecule has 0 aromatic heterocycles. The maximum atomic E-state index is 13.8. The number of alkyl halides is 6. The van der Waals surface area contributed by atoms with Gasteiger partial charge in [-0.3, -0.25) is 9.59 Å². The van der Waals surface area contributed by atoms with Crippen LogP contribution >= 0.6 is 23.2 Å². The van der Waals surface area contributed by atoms with Crippen molar-refractivity contribution in [2.24, 2.45) is 11.5 Å². The van der Waals surface area contributed by atoms with Crippen molar-refractivity contribution in [2.75, 3.05) is 13.2 Å². The minimum atomic E-state index is -4.96. The molecule has 8 N–H and O–H groups in total. The third kappa shape index (κ3) is 13.7. The third-order valence-corrected chi connectivity index (χ3v) is 12.3. The molecule has 4 atom stereocenters. The number of benzene rings is 6. The number of nitrogens with two attached hydrogens (primary N) is 2. The zero-order chi connectivity index (χ0) is 53.3. The number of carboxylic acids is 2. The first-order valence-electron chi connectivity index (χ1n) is 22.5. The molecule has 0 spiro atoms. The van der Waals surface area contributed by atoms with Gasteiger partial charge in [0.15, 0.2) is 0 Å². The summed E-state index contributed by atoms with van der Waals surface area (Å²) in [6, 6.07) is 33.2. The number of carboxylic acid groups (broad SMARTS) is 2. The summed E-state index contributed by atoms with van der Waals surface area (Å²) in [5, 5.41) is 38.5. The second-order valence-electron chi connectivity index (χ2n) is 17.3. The molecule has 0 saturated heterocycles. The lowest BCUT2D eigenvalue weighted by molar-refractivity contribution is -0.247. The Kier molecular flexibility index (Phi) is 20.1. The van der Waals surface area contributed by atoms with Gasteiger partial charge in [0.1, 0.15) is 11.5 Å². The third-order valence-electron chi connectivity index (χ3n) is 11.7. The fourth-order valence-corrected chi connectivity index (χ4v) is 8.57. The normalized spacial score (nSPS) is 16.7. The Labute approximate surface area is 430 Å². The number of hydrogen-bond donors (Lipinski definition) is 6. The summed E-state index contributed by atoms with van der Waals surface area (Å²) in [6.45, 7) is 8.13. The van der Waals surface area contributed by atoms with E-state index in [1.165, 1.54) is 70.8 Å². The zero-order valence-corrected chi connectivity index (χ0v) is 41.1. The lowest BCUT2D eigenvalue weighted by Gasteiger charge is -2.28. The van der Waals surface area contributed by atoms with Crippen LogP contribution in [-0.2, 0) is 20.8 Å². The van der Waals surface area contributed by atoms with Crippen LogP contribution in [-0.4, -0.2) is 57.9 Å². The lowest BCUT2D eigenvalue weighted by Crippen LogP contribution is -2.41. The zero-order valence-electron chi connectivity index (χ0n) is 39.5. The van der Waals surface area contributed by atoms with Gasteiger partial charge in [-0.15, -0.1) is 0 Å². The number of aliphatic hydroxyl groups is 2. The topological polar surface area (TPSA) is 186 Å². The number of hydrogen-bond acceptors (Lipinski definition) is 8. The standard InChI is InChI=1S/2C18H14ClF3O4.2C9H13N.CH4/c2*19-14-9-10(26-7-3-6-15(23)24)8-13-16(14)11-4-1-2-5-12(11)17(13,25)18(20,21)22;2*1-7-3-5-9(6-4-7)8(2)10;/h2*1-2,4-5,8-9,25H,3,6-7H2,(H,23,24);2*3-6,8H,10H2,1-2H3;1H4/t2*17-;2*8-;/m1100./s1. The summed E-state index contributed by atoms with van der Waals surface area (Å²) in [4.78, 5) is 21.0. The van der Waals surface area contributed by atoms with Crippen LogP contribution in [0.5, 0.6) is 11.5 Å². The van der Waals surface area contributed by atoms with E-state index in [4.69, 9.17) is 54.4 Å². The number of aryl methyl sites for hydroxylation is 2. The van der Waals surface area contributed by atoms with Crippen molar-refractivity contribution in [1.29, 1.82) is 0 Å². The second kappa shape index (κ2) is 24.7. The fraction of sp³-hybridized carbons (Fsp3) is 0.309. The van der Waals surface area contributed by atoms with Crippen LogP contribution in [0, 0.1) is 13.8 Å². The van der Waals surface area contributed by atoms with E-state index in [2.05, 4.69) is 62.4 Å². The Bertz CT molecular complexity index is 2650. The van der Waals surface area contributed by atoms with E-state index in [0.717, 1.165) is 12.1 Å². The van der Waals surface area contributed by atoms with Gasteiger partial charge in [-0.2, -0.15) is 26.3 Å².